The van der Waals surface area contributed by atoms with Crippen molar-refractivity contribution in [3.8, 4) is 61.3 Å². The van der Waals surface area contributed by atoms with Crippen molar-refractivity contribution >= 4 is 38.9 Å². The van der Waals surface area contributed by atoms with Crippen LogP contribution in [0.4, 0.5) is 17.1 Å². The van der Waals surface area contributed by atoms with E-state index in [0.717, 1.165) is 28.3 Å². The van der Waals surface area contributed by atoms with Crippen LogP contribution in [0.2, 0.25) is 0 Å². The lowest BCUT2D eigenvalue weighted by atomic mass is 9.70. The summed E-state index contributed by atoms with van der Waals surface area (Å²) in [5.41, 5.74) is 23.7. The molecule has 0 radical (unpaired) electrons. The Kier molecular flexibility index (Phi) is 8.84. The van der Waals surface area contributed by atoms with Gasteiger partial charge in [0.05, 0.1) is 27.8 Å². The topological polar surface area (TPSA) is 8.17 Å². The van der Waals surface area contributed by atoms with E-state index in [1.165, 1.54) is 94.2 Å². The number of hydrogen-bond acceptors (Lipinski definition) is 1. The highest BCUT2D eigenvalue weighted by molar-refractivity contribution is 6.17. The molecule has 1 spiro atoms. The van der Waals surface area contributed by atoms with Crippen molar-refractivity contribution in [1.29, 1.82) is 0 Å². The predicted molar refractivity (Wildman–Crippen MR) is 288 cm³/mol. The molecule has 2 nitrogen and oxygen atoms in total. The standard InChI is InChI=1S/C67H44N2/c1-4-22-45(23-5-1)49-28-10-11-32-55(49)65-50(46-24-6-2-7-25-46)34-20-39-62(65)69(64-41-21-40-63-66(64)56-33-15-19-38-61(56)68(63)47-26-8-3-9-27-47)48-42-43-54-53-31-14-18-37-59(53)67(60(54)44-48)57-35-16-12-29-51(57)52-30-13-17-36-58(52)67/h1-44H. The van der Waals surface area contributed by atoms with E-state index in [0.29, 0.717) is 0 Å². The van der Waals surface area contributed by atoms with E-state index < -0.39 is 5.41 Å². The maximum absolute atomic E-state index is 2.58. The molecule has 2 heteroatoms. The molecular formula is C67H44N2. The Labute approximate surface area is 402 Å². The summed E-state index contributed by atoms with van der Waals surface area (Å²) in [5, 5.41) is 2.39. The van der Waals surface area contributed by atoms with Crippen molar-refractivity contribution in [2.24, 2.45) is 0 Å². The molecule has 1 aromatic heterocycles. The van der Waals surface area contributed by atoms with E-state index in [9.17, 15) is 0 Å². The van der Waals surface area contributed by atoms with Crippen LogP contribution in [0.15, 0.2) is 267 Å². The SMILES string of the molecule is c1ccc(-c2ccccc2-c2c(-c3ccccc3)cccc2N(c2ccc3c(c2)C2(c4ccccc4-c4ccccc42)c2ccccc2-3)c2cccc3c2c2ccccc2n3-c2ccccc2)cc1. The second-order valence-corrected chi connectivity index (χ2v) is 18.3. The van der Waals surface area contributed by atoms with E-state index in [2.05, 4.69) is 276 Å². The molecule has 0 saturated heterocycles. The monoisotopic (exact) mass is 876 g/mol. The molecular weight excluding hydrogens is 833 g/mol. The summed E-state index contributed by atoms with van der Waals surface area (Å²) in [5.74, 6) is 0. The molecule has 2 aliphatic rings. The highest BCUT2D eigenvalue weighted by Gasteiger charge is 2.51. The number of para-hydroxylation sites is 2. The van der Waals surface area contributed by atoms with Gasteiger partial charge in [-0.2, -0.15) is 0 Å². The van der Waals surface area contributed by atoms with Crippen LogP contribution in [0, 0.1) is 0 Å². The summed E-state index contributed by atoms with van der Waals surface area (Å²) in [6, 6.07) is 98.8. The molecule has 0 bridgehead atoms. The summed E-state index contributed by atoms with van der Waals surface area (Å²) >= 11 is 0. The van der Waals surface area contributed by atoms with Gasteiger partial charge in [-0.3, -0.25) is 0 Å². The predicted octanol–water partition coefficient (Wildman–Crippen LogP) is 17.6. The third-order valence-corrected chi connectivity index (χ3v) is 14.8. The summed E-state index contributed by atoms with van der Waals surface area (Å²) in [6.07, 6.45) is 0. The van der Waals surface area contributed by atoms with Crippen molar-refractivity contribution in [1.82, 2.24) is 4.57 Å². The molecule has 0 saturated carbocycles. The van der Waals surface area contributed by atoms with Crippen molar-refractivity contribution in [3.63, 3.8) is 0 Å². The van der Waals surface area contributed by atoms with Crippen molar-refractivity contribution in [2.45, 2.75) is 5.41 Å². The molecule has 0 atom stereocenters. The lowest BCUT2D eigenvalue weighted by Gasteiger charge is -2.33. The third kappa shape index (κ3) is 5.73. The minimum atomic E-state index is -0.509. The molecule has 0 fully saturated rings. The Balaban J connectivity index is 1.13. The lowest BCUT2D eigenvalue weighted by Crippen LogP contribution is -2.26. The minimum absolute atomic E-state index is 0.509. The molecule has 2 aliphatic carbocycles. The number of nitrogens with zero attached hydrogens (tertiary/aromatic N) is 2. The minimum Gasteiger partial charge on any atom is -0.309 e. The molecule has 1 heterocycles. The first kappa shape index (κ1) is 39.2. The number of rotatable bonds is 7. The zero-order valence-corrected chi connectivity index (χ0v) is 37.8. The summed E-state index contributed by atoms with van der Waals surface area (Å²) in [6.45, 7) is 0. The van der Waals surface area contributed by atoms with Gasteiger partial charge in [-0.05, 0) is 121 Å². The van der Waals surface area contributed by atoms with Gasteiger partial charge in [-0.15, -0.1) is 0 Å². The van der Waals surface area contributed by atoms with Gasteiger partial charge in [-0.1, -0.05) is 218 Å². The fraction of sp³-hybridized carbons (Fsp3) is 0.0149. The second-order valence-electron chi connectivity index (χ2n) is 18.3. The van der Waals surface area contributed by atoms with Crippen LogP contribution in [0.3, 0.4) is 0 Å². The molecule has 0 N–H and O–H groups in total. The number of aromatic nitrogens is 1. The molecule has 322 valence electrons. The molecule has 12 aromatic rings. The normalized spacial score (nSPS) is 12.8. The maximum Gasteiger partial charge on any atom is 0.0726 e. The zero-order valence-electron chi connectivity index (χ0n) is 37.8. The maximum atomic E-state index is 2.58. The molecule has 11 aromatic carbocycles. The van der Waals surface area contributed by atoms with Gasteiger partial charge >= 0.3 is 0 Å². The Morgan fingerprint density at radius 2 is 0.768 bits per heavy atom. The fourth-order valence-electron chi connectivity index (χ4n) is 12.1. The van der Waals surface area contributed by atoms with Crippen LogP contribution >= 0.6 is 0 Å². The quantitative estimate of drug-likeness (QED) is 0.155. The van der Waals surface area contributed by atoms with Crippen molar-refractivity contribution in [3.05, 3.63) is 289 Å². The number of fused-ring (bicyclic) bond motifs is 13. The van der Waals surface area contributed by atoms with Crippen LogP contribution in [-0.4, -0.2) is 4.57 Å². The highest BCUT2D eigenvalue weighted by atomic mass is 15.2. The van der Waals surface area contributed by atoms with E-state index in [4.69, 9.17) is 0 Å². The lowest BCUT2D eigenvalue weighted by molar-refractivity contribution is 0.793. The molecule has 0 aliphatic heterocycles. The summed E-state index contributed by atoms with van der Waals surface area (Å²) < 4.78 is 2.43. The first-order valence-corrected chi connectivity index (χ1v) is 23.9. The molecule has 69 heavy (non-hydrogen) atoms. The van der Waals surface area contributed by atoms with Gasteiger partial charge in [0.2, 0.25) is 0 Å². The van der Waals surface area contributed by atoms with Gasteiger partial charge < -0.3 is 9.47 Å². The summed E-state index contributed by atoms with van der Waals surface area (Å²) in [4.78, 5) is 2.58. The largest absolute Gasteiger partial charge is 0.309 e. The van der Waals surface area contributed by atoms with Crippen LogP contribution in [0.5, 0.6) is 0 Å². The van der Waals surface area contributed by atoms with E-state index in [1.807, 2.05) is 0 Å². The first-order valence-electron chi connectivity index (χ1n) is 23.9. The average Bonchev–Trinajstić information content (AvgIpc) is 4.04. The van der Waals surface area contributed by atoms with Crippen molar-refractivity contribution < 1.29 is 0 Å². The van der Waals surface area contributed by atoms with E-state index in [-0.39, 0.29) is 0 Å². The van der Waals surface area contributed by atoms with Gasteiger partial charge in [0.25, 0.3) is 0 Å². The second kappa shape index (κ2) is 15.6. The van der Waals surface area contributed by atoms with Crippen LogP contribution < -0.4 is 4.90 Å². The average molecular weight is 877 g/mol. The van der Waals surface area contributed by atoms with E-state index in [1.54, 1.807) is 0 Å². The Morgan fingerprint density at radius 1 is 0.304 bits per heavy atom. The Bertz CT molecular complexity index is 3890. The summed E-state index contributed by atoms with van der Waals surface area (Å²) in [7, 11) is 0. The van der Waals surface area contributed by atoms with Gasteiger partial charge in [0.1, 0.15) is 0 Å². The van der Waals surface area contributed by atoms with Crippen LogP contribution in [0.1, 0.15) is 22.3 Å². The highest BCUT2D eigenvalue weighted by Crippen LogP contribution is 2.63. The molecule has 0 unspecified atom stereocenters. The Morgan fingerprint density at radius 3 is 1.42 bits per heavy atom. The Hall–Kier alpha value is -8.98. The third-order valence-electron chi connectivity index (χ3n) is 14.8. The van der Waals surface area contributed by atoms with Gasteiger partial charge in [0.15, 0.2) is 0 Å². The van der Waals surface area contributed by atoms with Gasteiger partial charge in [-0.25, -0.2) is 0 Å². The van der Waals surface area contributed by atoms with Crippen molar-refractivity contribution in [2.75, 3.05) is 4.90 Å². The fourth-order valence-corrected chi connectivity index (χ4v) is 12.1. The van der Waals surface area contributed by atoms with Crippen LogP contribution in [-0.2, 0) is 5.41 Å². The molecule has 0 amide bonds. The molecule has 14 rings (SSSR count). The smallest absolute Gasteiger partial charge is 0.0726 e. The first-order chi connectivity index (χ1) is 34.3. The number of hydrogen-bond donors (Lipinski definition) is 0. The van der Waals surface area contributed by atoms with Gasteiger partial charge in [0, 0.05) is 27.7 Å². The zero-order chi connectivity index (χ0) is 45.5. The number of anilines is 3. The van der Waals surface area contributed by atoms with E-state index >= 15 is 0 Å². The van der Waals surface area contributed by atoms with Crippen LogP contribution in [0.25, 0.3) is 83.1 Å². The number of benzene rings is 11.